The molecule has 0 radical (unpaired) electrons. The first-order valence-electron chi connectivity index (χ1n) is 7.47. The maximum Gasteiger partial charge on any atom is 0.362 e. The van der Waals surface area contributed by atoms with Gasteiger partial charge in [-0.2, -0.15) is 0 Å². The first kappa shape index (κ1) is 15.0. The predicted octanol–water partition coefficient (Wildman–Crippen LogP) is 4.03. The summed E-state index contributed by atoms with van der Waals surface area (Å²) in [6, 6.07) is 15.3. The van der Waals surface area contributed by atoms with E-state index in [-0.39, 0.29) is 11.5 Å². The minimum Gasteiger partial charge on any atom is -0.512 e. The van der Waals surface area contributed by atoms with E-state index in [0.29, 0.717) is 23.9 Å². The van der Waals surface area contributed by atoms with Crippen LogP contribution in [0.5, 0.6) is 0 Å². The SMILES string of the molecule is Cc1ccc2oc(=O)c(/C=C(\O)CCc3ccccc3)nc2c1. The van der Waals surface area contributed by atoms with Crippen molar-refractivity contribution in [2.75, 3.05) is 0 Å². The first-order chi connectivity index (χ1) is 11.1. The highest BCUT2D eigenvalue weighted by molar-refractivity contribution is 5.73. The van der Waals surface area contributed by atoms with E-state index in [1.54, 1.807) is 6.07 Å². The maximum atomic E-state index is 11.9. The number of aryl methyl sites for hydroxylation is 2. The largest absolute Gasteiger partial charge is 0.512 e. The summed E-state index contributed by atoms with van der Waals surface area (Å²) in [5.74, 6) is 0.112. The van der Waals surface area contributed by atoms with Crippen LogP contribution in [0.1, 0.15) is 23.2 Å². The van der Waals surface area contributed by atoms with Gasteiger partial charge in [-0.1, -0.05) is 36.4 Å². The van der Waals surface area contributed by atoms with Gasteiger partial charge in [0.1, 0.15) is 5.52 Å². The minimum atomic E-state index is -0.549. The van der Waals surface area contributed by atoms with E-state index in [1.165, 1.54) is 6.08 Å². The molecule has 0 saturated heterocycles. The summed E-state index contributed by atoms with van der Waals surface area (Å²) in [6.07, 6.45) is 2.52. The Morgan fingerprint density at radius 3 is 2.78 bits per heavy atom. The molecule has 23 heavy (non-hydrogen) atoms. The Morgan fingerprint density at radius 1 is 1.22 bits per heavy atom. The average Bonchev–Trinajstić information content (AvgIpc) is 2.55. The number of hydrogen-bond donors (Lipinski definition) is 1. The summed E-state index contributed by atoms with van der Waals surface area (Å²) in [5.41, 5.74) is 2.78. The molecule has 0 spiro atoms. The molecule has 3 aromatic rings. The Hall–Kier alpha value is -2.88. The van der Waals surface area contributed by atoms with Gasteiger partial charge >= 0.3 is 5.63 Å². The van der Waals surface area contributed by atoms with Crippen molar-refractivity contribution in [2.45, 2.75) is 19.8 Å². The zero-order chi connectivity index (χ0) is 16.2. The van der Waals surface area contributed by atoms with Gasteiger partial charge in [0, 0.05) is 12.5 Å². The van der Waals surface area contributed by atoms with Gasteiger partial charge in [0.25, 0.3) is 0 Å². The fraction of sp³-hybridized carbons (Fsp3) is 0.158. The van der Waals surface area contributed by atoms with E-state index in [4.69, 9.17) is 4.42 Å². The van der Waals surface area contributed by atoms with Crippen molar-refractivity contribution in [1.82, 2.24) is 4.98 Å². The number of aliphatic hydroxyl groups excluding tert-OH is 1. The van der Waals surface area contributed by atoms with Crippen molar-refractivity contribution in [2.24, 2.45) is 0 Å². The number of allylic oxidation sites excluding steroid dienone is 1. The minimum absolute atomic E-state index is 0.112. The summed E-state index contributed by atoms with van der Waals surface area (Å²) in [4.78, 5) is 16.2. The van der Waals surface area contributed by atoms with E-state index in [9.17, 15) is 9.90 Å². The van der Waals surface area contributed by atoms with Crippen molar-refractivity contribution in [3.63, 3.8) is 0 Å². The Kier molecular flexibility index (Phi) is 4.24. The van der Waals surface area contributed by atoms with Crippen LogP contribution < -0.4 is 5.63 Å². The van der Waals surface area contributed by atoms with Crippen molar-refractivity contribution >= 4 is 17.2 Å². The highest BCUT2D eigenvalue weighted by atomic mass is 16.4. The summed E-state index contributed by atoms with van der Waals surface area (Å²) in [6.45, 7) is 1.94. The molecule has 4 heteroatoms. The molecule has 0 aliphatic carbocycles. The van der Waals surface area contributed by atoms with Gasteiger partial charge in [-0.3, -0.25) is 0 Å². The van der Waals surface area contributed by atoms with E-state index < -0.39 is 5.63 Å². The van der Waals surface area contributed by atoms with E-state index in [0.717, 1.165) is 11.1 Å². The Labute approximate surface area is 133 Å². The summed E-state index contributed by atoms with van der Waals surface area (Å²) < 4.78 is 5.24. The number of aromatic nitrogens is 1. The molecule has 3 rings (SSSR count). The third-order valence-electron chi connectivity index (χ3n) is 3.58. The molecular formula is C19H17NO3. The van der Waals surface area contributed by atoms with Crippen LogP contribution in [0, 0.1) is 6.92 Å². The lowest BCUT2D eigenvalue weighted by molar-refractivity contribution is 0.393. The monoisotopic (exact) mass is 307 g/mol. The number of nitrogens with zero attached hydrogens (tertiary/aromatic N) is 1. The van der Waals surface area contributed by atoms with Crippen LogP contribution in [-0.2, 0) is 6.42 Å². The second-order valence-electron chi connectivity index (χ2n) is 5.48. The van der Waals surface area contributed by atoms with Crippen LogP contribution in [0.25, 0.3) is 17.2 Å². The quantitative estimate of drug-likeness (QED) is 0.739. The summed E-state index contributed by atoms with van der Waals surface area (Å²) in [7, 11) is 0. The maximum absolute atomic E-state index is 11.9. The molecule has 0 aliphatic rings. The molecule has 0 bridgehead atoms. The van der Waals surface area contributed by atoms with Gasteiger partial charge in [0.2, 0.25) is 0 Å². The molecule has 116 valence electrons. The number of aliphatic hydroxyl groups is 1. The van der Waals surface area contributed by atoms with Gasteiger partial charge in [-0.15, -0.1) is 0 Å². The third kappa shape index (κ3) is 3.66. The molecular weight excluding hydrogens is 290 g/mol. The molecule has 4 nitrogen and oxygen atoms in total. The second-order valence-corrected chi connectivity index (χ2v) is 5.48. The van der Waals surface area contributed by atoms with Crippen LogP contribution in [-0.4, -0.2) is 10.1 Å². The van der Waals surface area contributed by atoms with Gasteiger partial charge in [-0.05, 0) is 36.6 Å². The molecule has 0 fully saturated rings. The number of benzene rings is 2. The van der Waals surface area contributed by atoms with Crippen LogP contribution in [0.4, 0.5) is 0 Å². The zero-order valence-corrected chi connectivity index (χ0v) is 12.8. The van der Waals surface area contributed by atoms with Crippen LogP contribution in [0.2, 0.25) is 0 Å². The second kappa shape index (κ2) is 6.48. The number of hydrogen-bond acceptors (Lipinski definition) is 4. The molecule has 0 atom stereocenters. The summed E-state index contributed by atoms with van der Waals surface area (Å²) >= 11 is 0. The summed E-state index contributed by atoms with van der Waals surface area (Å²) in [5, 5.41) is 10.1. The topological polar surface area (TPSA) is 63.3 Å². The van der Waals surface area contributed by atoms with Gasteiger partial charge < -0.3 is 9.52 Å². The van der Waals surface area contributed by atoms with Gasteiger partial charge in [0.05, 0.1) is 5.76 Å². The van der Waals surface area contributed by atoms with Gasteiger partial charge in [-0.25, -0.2) is 9.78 Å². The Morgan fingerprint density at radius 2 is 2.00 bits per heavy atom. The lowest BCUT2D eigenvalue weighted by atomic mass is 10.1. The third-order valence-corrected chi connectivity index (χ3v) is 3.58. The molecule has 0 amide bonds. The highest BCUT2D eigenvalue weighted by Crippen LogP contribution is 2.14. The molecule has 0 unspecified atom stereocenters. The van der Waals surface area contributed by atoms with E-state index in [2.05, 4.69) is 4.98 Å². The lowest BCUT2D eigenvalue weighted by Gasteiger charge is -2.02. The predicted molar refractivity (Wildman–Crippen MR) is 90.4 cm³/mol. The van der Waals surface area contributed by atoms with Crippen molar-refractivity contribution < 1.29 is 9.52 Å². The normalized spacial score (nSPS) is 11.8. The lowest BCUT2D eigenvalue weighted by Crippen LogP contribution is -2.07. The number of rotatable bonds is 4. The smallest absolute Gasteiger partial charge is 0.362 e. The van der Waals surface area contributed by atoms with Crippen molar-refractivity contribution in [3.05, 3.63) is 81.5 Å². The van der Waals surface area contributed by atoms with Crippen LogP contribution in [0.3, 0.4) is 0 Å². The Balaban J connectivity index is 1.84. The zero-order valence-electron chi connectivity index (χ0n) is 12.8. The molecule has 1 heterocycles. The van der Waals surface area contributed by atoms with E-state index >= 15 is 0 Å². The molecule has 1 N–H and O–H groups in total. The highest BCUT2D eigenvalue weighted by Gasteiger charge is 2.07. The van der Waals surface area contributed by atoms with Crippen LogP contribution >= 0.6 is 0 Å². The number of fused-ring (bicyclic) bond motifs is 1. The molecule has 0 aliphatic heterocycles. The Bertz CT molecular complexity index is 911. The average molecular weight is 307 g/mol. The van der Waals surface area contributed by atoms with Crippen LogP contribution in [0.15, 0.2) is 63.5 Å². The van der Waals surface area contributed by atoms with Crippen molar-refractivity contribution in [1.29, 1.82) is 0 Å². The molecule has 0 saturated carbocycles. The fourth-order valence-corrected chi connectivity index (χ4v) is 2.37. The standard InChI is InChI=1S/C19H17NO3/c1-13-7-10-18-16(11-13)20-17(19(22)23-18)12-15(21)9-8-14-5-3-2-4-6-14/h2-7,10-12,21H,8-9H2,1H3/b15-12-. The molecule has 2 aromatic carbocycles. The van der Waals surface area contributed by atoms with Gasteiger partial charge in [0.15, 0.2) is 11.3 Å². The first-order valence-corrected chi connectivity index (χ1v) is 7.47. The molecule has 1 aromatic heterocycles. The fourth-order valence-electron chi connectivity index (χ4n) is 2.37. The van der Waals surface area contributed by atoms with Crippen molar-refractivity contribution in [3.8, 4) is 0 Å². The van der Waals surface area contributed by atoms with E-state index in [1.807, 2.05) is 49.4 Å².